The van der Waals surface area contributed by atoms with Crippen LogP contribution in [0.2, 0.25) is 10.0 Å². The number of anilines is 1. The first-order valence-corrected chi connectivity index (χ1v) is 8.67. The number of hydrogen-bond acceptors (Lipinski definition) is 4. The van der Waals surface area contributed by atoms with E-state index in [0.717, 1.165) is 0 Å². The van der Waals surface area contributed by atoms with Gasteiger partial charge in [-0.3, -0.25) is 4.79 Å². The van der Waals surface area contributed by atoms with Crippen LogP contribution >= 0.6 is 39.1 Å². The Balaban J connectivity index is 2.02. The van der Waals surface area contributed by atoms with Crippen molar-refractivity contribution in [1.82, 2.24) is 0 Å². The number of esters is 1. The van der Waals surface area contributed by atoms with Gasteiger partial charge in [0.1, 0.15) is 5.75 Å². The molecule has 0 aliphatic rings. The smallest absolute Gasteiger partial charge is 0.338 e. The highest BCUT2D eigenvalue weighted by Crippen LogP contribution is 2.27. The summed E-state index contributed by atoms with van der Waals surface area (Å²) in [5, 5.41) is 3.33. The summed E-state index contributed by atoms with van der Waals surface area (Å²) >= 11 is 15.1. The van der Waals surface area contributed by atoms with Gasteiger partial charge in [0.15, 0.2) is 6.10 Å². The third-order valence-electron chi connectivity index (χ3n) is 3.23. The van der Waals surface area contributed by atoms with Crippen molar-refractivity contribution in [2.75, 3.05) is 12.4 Å². The molecule has 2 rings (SSSR count). The zero-order valence-electron chi connectivity index (χ0n) is 13.3. The van der Waals surface area contributed by atoms with Gasteiger partial charge in [0.2, 0.25) is 0 Å². The molecule has 132 valence electrons. The van der Waals surface area contributed by atoms with Gasteiger partial charge in [-0.25, -0.2) is 4.79 Å². The Bertz CT molecular complexity index is 813. The van der Waals surface area contributed by atoms with Crippen molar-refractivity contribution in [3.05, 3.63) is 56.5 Å². The molecule has 0 fully saturated rings. The molecule has 0 bridgehead atoms. The molecule has 0 aromatic heterocycles. The van der Waals surface area contributed by atoms with Gasteiger partial charge >= 0.3 is 5.97 Å². The third kappa shape index (κ3) is 5.11. The van der Waals surface area contributed by atoms with Crippen LogP contribution in [-0.2, 0) is 9.53 Å². The fourth-order valence-electron chi connectivity index (χ4n) is 1.90. The first kappa shape index (κ1) is 19.6. The molecule has 2 aromatic carbocycles. The lowest BCUT2D eigenvalue weighted by molar-refractivity contribution is -0.123. The van der Waals surface area contributed by atoms with E-state index in [1.54, 1.807) is 30.3 Å². The number of hydrogen-bond donors (Lipinski definition) is 1. The van der Waals surface area contributed by atoms with Crippen molar-refractivity contribution in [1.29, 1.82) is 0 Å². The Hall–Kier alpha value is -1.76. The number of benzene rings is 2. The Morgan fingerprint density at radius 2 is 1.88 bits per heavy atom. The van der Waals surface area contributed by atoms with Crippen molar-refractivity contribution < 1.29 is 19.1 Å². The monoisotopic (exact) mass is 445 g/mol. The molecular weight excluding hydrogens is 433 g/mol. The first-order chi connectivity index (χ1) is 11.8. The van der Waals surface area contributed by atoms with Gasteiger partial charge in [0.25, 0.3) is 5.91 Å². The number of rotatable bonds is 5. The lowest BCUT2D eigenvalue weighted by atomic mass is 10.2. The van der Waals surface area contributed by atoms with Crippen LogP contribution in [0.1, 0.15) is 17.3 Å². The predicted molar refractivity (Wildman–Crippen MR) is 101 cm³/mol. The zero-order chi connectivity index (χ0) is 18.6. The van der Waals surface area contributed by atoms with E-state index in [9.17, 15) is 9.59 Å². The molecule has 0 spiro atoms. The minimum Gasteiger partial charge on any atom is -0.496 e. The highest BCUT2D eigenvalue weighted by molar-refractivity contribution is 9.10. The van der Waals surface area contributed by atoms with Gasteiger partial charge in [0, 0.05) is 5.02 Å². The second kappa shape index (κ2) is 8.56. The number of halogens is 3. The highest BCUT2D eigenvalue weighted by atomic mass is 79.9. The SMILES string of the molecule is COc1ccc(C(=O)OC(C)C(=O)Nc2ccc(Cl)cc2Cl)cc1Br. The Labute approximate surface area is 163 Å². The molecule has 0 radical (unpaired) electrons. The van der Waals surface area contributed by atoms with E-state index < -0.39 is 18.0 Å². The summed E-state index contributed by atoms with van der Waals surface area (Å²) in [6.07, 6.45) is -1.01. The first-order valence-electron chi connectivity index (χ1n) is 7.12. The molecule has 2 aromatic rings. The van der Waals surface area contributed by atoms with Crippen LogP contribution in [0.5, 0.6) is 5.75 Å². The average Bonchev–Trinajstić information content (AvgIpc) is 2.57. The van der Waals surface area contributed by atoms with E-state index in [-0.39, 0.29) is 5.56 Å². The number of nitrogens with one attached hydrogen (secondary N) is 1. The lowest BCUT2D eigenvalue weighted by Gasteiger charge is -2.14. The van der Waals surface area contributed by atoms with E-state index in [2.05, 4.69) is 21.2 Å². The number of ether oxygens (including phenoxy) is 2. The van der Waals surface area contributed by atoms with Gasteiger partial charge in [-0.1, -0.05) is 23.2 Å². The van der Waals surface area contributed by atoms with Gasteiger partial charge < -0.3 is 14.8 Å². The minimum atomic E-state index is -1.01. The fraction of sp³-hybridized carbons (Fsp3) is 0.176. The maximum absolute atomic E-state index is 12.2. The summed E-state index contributed by atoms with van der Waals surface area (Å²) in [6, 6.07) is 9.39. The maximum atomic E-state index is 12.2. The summed E-state index contributed by atoms with van der Waals surface area (Å²) < 4.78 is 10.9. The summed E-state index contributed by atoms with van der Waals surface area (Å²) in [7, 11) is 1.52. The van der Waals surface area contributed by atoms with Crippen molar-refractivity contribution in [2.45, 2.75) is 13.0 Å². The summed E-state index contributed by atoms with van der Waals surface area (Å²) in [4.78, 5) is 24.3. The second-order valence-corrected chi connectivity index (χ2v) is 6.71. The summed E-state index contributed by atoms with van der Waals surface area (Å²) in [5.74, 6) is -0.557. The van der Waals surface area contributed by atoms with Crippen LogP contribution in [0.25, 0.3) is 0 Å². The van der Waals surface area contributed by atoms with Gasteiger partial charge in [0.05, 0.1) is 27.9 Å². The molecule has 0 aliphatic heterocycles. The van der Waals surface area contributed by atoms with Crippen molar-refractivity contribution in [2.24, 2.45) is 0 Å². The molecule has 1 N–H and O–H groups in total. The van der Waals surface area contributed by atoms with E-state index in [4.69, 9.17) is 32.7 Å². The van der Waals surface area contributed by atoms with E-state index in [1.807, 2.05) is 0 Å². The van der Waals surface area contributed by atoms with Crippen LogP contribution in [0.15, 0.2) is 40.9 Å². The molecule has 1 unspecified atom stereocenters. The normalized spacial score (nSPS) is 11.6. The molecule has 25 heavy (non-hydrogen) atoms. The van der Waals surface area contributed by atoms with Crippen molar-refractivity contribution in [3.8, 4) is 5.75 Å². The van der Waals surface area contributed by atoms with E-state index >= 15 is 0 Å². The number of amides is 1. The average molecular weight is 447 g/mol. The largest absolute Gasteiger partial charge is 0.496 e. The number of carbonyl (C=O) groups excluding carboxylic acids is 2. The molecule has 5 nitrogen and oxygen atoms in total. The van der Waals surface area contributed by atoms with Crippen molar-refractivity contribution >= 4 is 56.7 Å². The second-order valence-electron chi connectivity index (χ2n) is 5.01. The van der Waals surface area contributed by atoms with E-state index in [1.165, 1.54) is 20.1 Å². The topological polar surface area (TPSA) is 64.6 Å². The number of methoxy groups -OCH3 is 1. The van der Waals surface area contributed by atoms with Gasteiger partial charge in [-0.2, -0.15) is 0 Å². The van der Waals surface area contributed by atoms with E-state index in [0.29, 0.717) is 26.0 Å². The third-order valence-corrected chi connectivity index (χ3v) is 4.40. The standard InChI is InChI=1S/C17H14BrCl2NO4/c1-9(16(22)21-14-5-4-11(19)8-13(14)20)25-17(23)10-3-6-15(24-2)12(18)7-10/h3-9H,1-2H3,(H,21,22). The molecule has 0 saturated heterocycles. The maximum Gasteiger partial charge on any atom is 0.338 e. The molecule has 1 amide bonds. The predicted octanol–water partition coefficient (Wildman–Crippen LogP) is 4.95. The molecule has 8 heteroatoms. The molecule has 1 atom stereocenters. The molecule has 0 aliphatic carbocycles. The highest BCUT2D eigenvalue weighted by Gasteiger charge is 2.20. The molecule has 0 saturated carbocycles. The zero-order valence-corrected chi connectivity index (χ0v) is 16.4. The Morgan fingerprint density at radius 3 is 2.48 bits per heavy atom. The van der Waals surface area contributed by atoms with Crippen LogP contribution in [0, 0.1) is 0 Å². The molecular formula is C17H14BrCl2NO4. The van der Waals surface area contributed by atoms with Gasteiger partial charge in [-0.05, 0) is 59.3 Å². The van der Waals surface area contributed by atoms with Crippen LogP contribution < -0.4 is 10.1 Å². The van der Waals surface area contributed by atoms with Crippen LogP contribution in [-0.4, -0.2) is 25.1 Å². The Morgan fingerprint density at radius 1 is 1.16 bits per heavy atom. The molecule has 0 heterocycles. The quantitative estimate of drug-likeness (QED) is 0.660. The van der Waals surface area contributed by atoms with Crippen LogP contribution in [0.4, 0.5) is 5.69 Å². The summed E-state index contributed by atoms with van der Waals surface area (Å²) in [5.41, 5.74) is 0.669. The Kier molecular flexibility index (Phi) is 6.70. The summed E-state index contributed by atoms with van der Waals surface area (Å²) in [6.45, 7) is 1.47. The van der Waals surface area contributed by atoms with Gasteiger partial charge in [-0.15, -0.1) is 0 Å². The minimum absolute atomic E-state index is 0.289. The fourth-order valence-corrected chi connectivity index (χ4v) is 2.90. The number of carbonyl (C=O) groups is 2. The van der Waals surface area contributed by atoms with Crippen molar-refractivity contribution in [3.63, 3.8) is 0 Å². The van der Waals surface area contributed by atoms with Crippen LogP contribution in [0.3, 0.4) is 0 Å². The lowest BCUT2D eigenvalue weighted by Crippen LogP contribution is -2.30.